The summed E-state index contributed by atoms with van der Waals surface area (Å²) in [6, 6.07) is 7.48. The van der Waals surface area contributed by atoms with Crippen molar-refractivity contribution < 1.29 is 9.90 Å². The molecule has 2 N–H and O–H groups in total. The second-order valence-corrected chi connectivity index (χ2v) is 5.32. The molecule has 0 aliphatic heterocycles. The summed E-state index contributed by atoms with van der Waals surface area (Å²) in [7, 11) is 0. The number of pyridine rings is 1. The molecule has 0 fully saturated rings. The van der Waals surface area contributed by atoms with Crippen molar-refractivity contribution in [3.63, 3.8) is 0 Å². The molecule has 0 atom stereocenters. The van der Waals surface area contributed by atoms with Crippen molar-refractivity contribution in [3.05, 3.63) is 46.1 Å². The van der Waals surface area contributed by atoms with Crippen LogP contribution in [0.25, 0.3) is 22.6 Å². The second kappa shape index (κ2) is 4.72. The van der Waals surface area contributed by atoms with E-state index in [4.69, 9.17) is 5.11 Å². The topological polar surface area (TPSA) is 78.9 Å². The van der Waals surface area contributed by atoms with Crippen molar-refractivity contribution in [2.75, 3.05) is 0 Å². The highest BCUT2D eigenvalue weighted by Gasteiger charge is 2.12. The number of carboxylic acid groups (broad SMARTS) is 1. The maximum absolute atomic E-state index is 10.9. The molecule has 100 valence electrons. The normalized spacial score (nSPS) is 10.9. The highest BCUT2D eigenvalue weighted by Crippen LogP contribution is 2.28. The van der Waals surface area contributed by atoms with Gasteiger partial charge in [-0.2, -0.15) is 0 Å². The number of nitrogens with zero attached hydrogens (tertiary/aromatic N) is 2. The van der Waals surface area contributed by atoms with Crippen molar-refractivity contribution in [3.8, 4) is 11.4 Å². The van der Waals surface area contributed by atoms with E-state index < -0.39 is 5.97 Å². The zero-order valence-electron chi connectivity index (χ0n) is 10.5. The number of hydrogen-bond acceptors (Lipinski definition) is 3. The lowest BCUT2D eigenvalue weighted by molar-refractivity contribution is 0.0696. The van der Waals surface area contributed by atoms with Crippen molar-refractivity contribution in [1.29, 1.82) is 0 Å². The van der Waals surface area contributed by atoms with Crippen molar-refractivity contribution in [1.82, 2.24) is 15.0 Å². The van der Waals surface area contributed by atoms with Gasteiger partial charge in [0.1, 0.15) is 5.82 Å². The summed E-state index contributed by atoms with van der Waals surface area (Å²) in [4.78, 5) is 22.5. The Balaban J connectivity index is 2.17. The van der Waals surface area contributed by atoms with Crippen molar-refractivity contribution in [2.45, 2.75) is 6.92 Å². The molecule has 2 heterocycles. The number of imidazole rings is 1. The third-order valence-electron chi connectivity index (χ3n) is 2.96. The number of benzene rings is 1. The second-order valence-electron chi connectivity index (χ2n) is 4.47. The molecule has 5 nitrogen and oxygen atoms in total. The molecule has 0 spiro atoms. The van der Waals surface area contributed by atoms with Crippen LogP contribution in [0, 0.1) is 6.92 Å². The number of halogens is 1. The summed E-state index contributed by atoms with van der Waals surface area (Å²) >= 11 is 3.49. The van der Waals surface area contributed by atoms with Gasteiger partial charge in [0.25, 0.3) is 0 Å². The van der Waals surface area contributed by atoms with Gasteiger partial charge < -0.3 is 10.1 Å². The highest BCUT2D eigenvalue weighted by molar-refractivity contribution is 9.10. The zero-order valence-corrected chi connectivity index (χ0v) is 12.1. The minimum absolute atomic E-state index is 0.135. The Morgan fingerprint density at radius 3 is 2.90 bits per heavy atom. The first kappa shape index (κ1) is 12.8. The number of aryl methyl sites for hydroxylation is 1. The molecule has 0 aliphatic rings. The SMILES string of the molecule is Cc1ccc(Br)c(-c2nc3ncc(C(=O)O)cc3[nH]2)c1. The molecule has 0 saturated heterocycles. The van der Waals surface area contributed by atoms with Crippen molar-refractivity contribution in [2.24, 2.45) is 0 Å². The number of aromatic carboxylic acids is 1. The summed E-state index contributed by atoms with van der Waals surface area (Å²) in [5.74, 6) is -0.349. The summed E-state index contributed by atoms with van der Waals surface area (Å²) in [6.45, 7) is 2.00. The predicted octanol–water partition coefficient (Wildman–Crippen LogP) is 3.39. The maximum Gasteiger partial charge on any atom is 0.337 e. The first-order chi connectivity index (χ1) is 9.54. The molecular formula is C14H10BrN3O2. The van der Waals surface area contributed by atoms with Crippen LogP contribution in [0.5, 0.6) is 0 Å². The van der Waals surface area contributed by atoms with Crippen LogP contribution in [-0.2, 0) is 0 Å². The van der Waals surface area contributed by atoms with Crippen LogP contribution in [0.4, 0.5) is 0 Å². The number of nitrogens with one attached hydrogen (secondary N) is 1. The minimum Gasteiger partial charge on any atom is -0.478 e. The van der Waals surface area contributed by atoms with Gasteiger partial charge in [0.2, 0.25) is 0 Å². The molecular weight excluding hydrogens is 322 g/mol. The zero-order chi connectivity index (χ0) is 14.3. The van der Waals surface area contributed by atoms with Crippen LogP contribution in [-0.4, -0.2) is 26.0 Å². The minimum atomic E-state index is -1.01. The third-order valence-corrected chi connectivity index (χ3v) is 3.65. The summed E-state index contributed by atoms with van der Waals surface area (Å²) < 4.78 is 0.917. The highest BCUT2D eigenvalue weighted by atomic mass is 79.9. The Morgan fingerprint density at radius 2 is 2.15 bits per heavy atom. The number of H-pyrrole nitrogens is 1. The van der Waals surface area contributed by atoms with Crippen LogP contribution in [0.15, 0.2) is 34.9 Å². The number of fused-ring (bicyclic) bond motifs is 1. The molecule has 1 aromatic carbocycles. The fourth-order valence-electron chi connectivity index (χ4n) is 1.97. The predicted molar refractivity (Wildman–Crippen MR) is 78.7 cm³/mol. The van der Waals surface area contributed by atoms with E-state index >= 15 is 0 Å². The Morgan fingerprint density at radius 1 is 1.35 bits per heavy atom. The average molecular weight is 332 g/mol. The van der Waals surface area contributed by atoms with E-state index in [0.717, 1.165) is 15.6 Å². The largest absolute Gasteiger partial charge is 0.478 e. The van der Waals surface area contributed by atoms with Gasteiger partial charge in [-0.25, -0.2) is 14.8 Å². The van der Waals surface area contributed by atoms with Gasteiger partial charge in [-0.1, -0.05) is 27.6 Å². The molecule has 0 radical (unpaired) electrons. The molecule has 3 aromatic rings. The Kier molecular flexibility index (Phi) is 3.02. The summed E-state index contributed by atoms with van der Waals surface area (Å²) in [6.07, 6.45) is 1.31. The van der Waals surface area contributed by atoms with Gasteiger partial charge in [-0.3, -0.25) is 0 Å². The molecule has 0 saturated carbocycles. The van der Waals surface area contributed by atoms with E-state index in [9.17, 15) is 4.79 Å². The van der Waals surface area contributed by atoms with Crippen LogP contribution < -0.4 is 0 Å². The number of hydrogen-bond donors (Lipinski definition) is 2. The monoisotopic (exact) mass is 331 g/mol. The molecule has 0 amide bonds. The van der Waals surface area contributed by atoms with Gasteiger partial charge >= 0.3 is 5.97 Å². The molecule has 6 heteroatoms. The van der Waals surface area contributed by atoms with Crippen molar-refractivity contribution >= 4 is 33.1 Å². The molecule has 20 heavy (non-hydrogen) atoms. The Labute approximate surface area is 122 Å². The Bertz CT molecular complexity index is 826. The van der Waals surface area contributed by atoms with Crippen LogP contribution in [0.1, 0.15) is 15.9 Å². The van der Waals surface area contributed by atoms with Gasteiger partial charge in [0, 0.05) is 16.2 Å². The smallest absolute Gasteiger partial charge is 0.337 e. The lowest BCUT2D eigenvalue weighted by atomic mass is 10.1. The van der Waals surface area contributed by atoms with Gasteiger partial charge in [-0.15, -0.1) is 0 Å². The fourth-order valence-corrected chi connectivity index (χ4v) is 2.40. The average Bonchev–Trinajstić information content (AvgIpc) is 2.83. The van der Waals surface area contributed by atoms with E-state index in [2.05, 4.69) is 30.9 Å². The summed E-state index contributed by atoms with van der Waals surface area (Å²) in [5, 5.41) is 8.97. The maximum atomic E-state index is 10.9. The number of aromatic amines is 1. The third kappa shape index (κ3) is 2.18. The fraction of sp³-hybridized carbons (Fsp3) is 0.0714. The van der Waals surface area contributed by atoms with E-state index in [1.165, 1.54) is 12.3 Å². The summed E-state index contributed by atoms with van der Waals surface area (Å²) in [5.41, 5.74) is 3.27. The standard InChI is InChI=1S/C14H10BrN3O2/c1-7-2-3-10(15)9(4-7)12-17-11-5-8(14(19)20)6-16-13(11)18-12/h2-6H,1H3,(H,19,20)(H,16,17,18). The first-order valence-electron chi connectivity index (χ1n) is 5.90. The Hall–Kier alpha value is -2.21. The number of carbonyl (C=O) groups is 1. The van der Waals surface area contributed by atoms with Gasteiger partial charge in [0.05, 0.1) is 11.1 Å². The lowest BCUT2D eigenvalue weighted by Crippen LogP contribution is -1.96. The molecule has 2 aromatic heterocycles. The van der Waals surface area contributed by atoms with E-state index in [1.54, 1.807) is 0 Å². The van der Waals surface area contributed by atoms with Gasteiger partial charge in [0.15, 0.2) is 5.65 Å². The van der Waals surface area contributed by atoms with Crippen LogP contribution in [0.3, 0.4) is 0 Å². The van der Waals surface area contributed by atoms with Gasteiger partial charge in [-0.05, 0) is 25.1 Å². The first-order valence-corrected chi connectivity index (χ1v) is 6.69. The number of rotatable bonds is 2. The van der Waals surface area contributed by atoms with E-state index in [1.807, 2.05) is 25.1 Å². The molecule has 0 unspecified atom stereocenters. The molecule has 3 rings (SSSR count). The lowest BCUT2D eigenvalue weighted by Gasteiger charge is -2.01. The molecule has 0 aliphatic carbocycles. The number of carboxylic acids is 1. The van der Waals surface area contributed by atoms with E-state index in [0.29, 0.717) is 17.0 Å². The van der Waals surface area contributed by atoms with Crippen LogP contribution in [0.2, 0.25) is 0 Å². The van der Waals surface area contributed by atoms with Crippen LogP contribution >= 0.6 is 15.9 Å². The quantitative estimate of drug-likeness (QED) is 0.754. The molecule has 0 bridgehead atoms. The van der Waals surface area contributed by atoms with E-state index in [-0.39, 0.29) is 5.56 Å². The number of aromatic nitrogens is 3.